The molecule has 5 heteroatoms. The molecule has 4 rings (SSSR count). The first-order chi connectivity index (χ1) is 12.0. The predicted octanol–water partition coefficient (Wildman–Crippen LogP) is 3.68. The summed E-state index contributed by atoms with van der Waals surface area (Å²) in [6.45, 7) is 0. The van der Waals surface area contributed by atoms with E-state index in [2.05, 4.69) is 0 Å². The summed E-state index contributed by atoms with van der Waals surface area (Å²) in [5.74, 6) is -0.316. The summed E-state index contributed by atoms with van der Waals surface area (Å²) in [5.41, 5.74) is 2.69. The van der Waals surface area contributed by atoms with Gasteiger partial charge in [-0.3, -0.25) is 4.79 Å². The molecule has 0 aliphatic heterocycles. The van der Waals surface area contributed by atoms with Crippen molar-refractivity contribution in [3.8, 4) is 5.75 Å². The minimum atomic E-state index is -1.07. The maximum absolute atomic E-state index is 12.7. The van der Waals surface area contributed by atoms with Crippen molar-refractivity contribution in [2.75, 3.05) is 0 Å². The molecule has 25 heavy (non-hydrogen) atoms. The fourth-order valence-corrected chi connectivity index (χ4v) is 3.14. The first-order valence-electron chi connectivity index (χ1n) is 7.86. The normalized spacial score (nSPS) is 14.8. The smallest absolute Gasteiger partial charge is 0.335 e. The summed E-state index contributed by atoms with van der Waals surface area (Å²) >= 11 is 0. The molecular formula is C20H14O5. The Labute approximate surface area is 142 Å². The second-order valence-electron chi connectivity index (χ2n) is 6.02. The van der Waals surface area contributed by atoms with Crippen molar-refractivity contribution in [3.63, 3.8) is 0 Å². The third-order valence-electron chi connectivity index (χ3n) is 4.40. The van der Waals surface area contributed by atoms with Gasteiger partial charge in [0.2, 0.25) is 0 Å². The van der Waals surface area contributed by atoms with E-state index in [1.165, 1.54) is 18.2 Å². The molecule has 5 nitrogen and oxygen atoms in total. The van der Waals surface area contributed by atoms with Crippen LogP contribution in [0.3, 0.4) is 0 Å². The average Bonchev–Trinajstić information content (AvgIpc) is 3.00. The molecular weight excluding hydrogens is 320 g/mol. The first kappa shape index (κ1) is 15.2. The van der Waals surface area contributed by atoms with Gasteiger partial charge in [-0.15, -0.1) is 0 Å². The fraction of sp³-hybridized carbons (Fsp3) is 0.100. The predicted molar refractivity (Wildman–Crippen MR) is 93.7 cm³/mol. The molecule has 0 atom stereocenters. The van der Waals surface area contributed by atoms with Crippen LogP contribution in [0, 0.1) is 0 Å². The third kappa shape index (κ3) is 2.59. The molecule has 1 heterocycles. The molecule has 2 N–H and O–H groups in total. The lowest BCUT2D eigenvalue weighted by Gasteiger charge is -2.05. The zero-order valence-corrected chi connectivity index (χ0v) is 13.2. The quantitative estimate of drug-likeness (QED) is 0.746. The van der Waals surface area contributed by atoms with Crippen molar-refractivity contribution >= 4 is 28.6 Å². The van der Waals surface area contributed by atoms with Crippen LogP contribution in [0.4, 0.5) is 0 Å². The summed E-state index contributed by atoms with van der Waals surface area (Å²) < 4.78 is 5.92. The highest BCUT2D eigenvalue weighted by molar-refractivity contribution is 5.94. The molecule has 0 bridgehead atoms. The van der Waals surface area contributed by atoms with Crippen LogP contribution < -0.4 is 5.43 Å². The molecule has 0 fully saturated rings. The number of aromatic hydroxyl groups is 1. The lowest BCUT2D eigenvalue weighted by atomic mass is 10.1. The number of hydrogen-bond acceptors (Lipinski definition) is 4. The summed E-state index contributed by atoms with van der Waals surface area (Å²) in [7, 11) is 0. The van der Waals surface area contributed by atoms with Crippen LogP contribution in [0.15, 0.2) is 51.7 Å². The van der Waals surface area contributed by atoms with E-state index in [-0.39, 0.29) is 16.7 Å². The molecule has 124 valence electrons. The molecule has 0 saturated carbocycles. The standard InChI is InChI=1S/C20H14O5/c21-14-5-1-11(2-6-14)9-12-3-7-15-18(22)16-10-13(20(23)24)4-8-17(16)25-19(12)15/h1-2,4-6,8-10,21H,3,7H2,(H,23,24). The summed E-state index contributed by atoms with van der Waals surface area (Å²) in [5, 5.41) is 18.8. The Morgan fingerprint density at radius 2 is 1.84 bits per heavy atom. The van der Waals surface area contributed by atoms with Crippen molar-refractivity contribution < 1.29 is 19.4 Å². The van der Waals surface area contributed by atoms with Gasteiger partial charge in [0, 0.05) is 5.56 Å². The molecule has 3 aromatic rings. The highest BCUT2D eigenvalue weighted by atomic mass is 16.4. The number of carboxylic acids is 1. The minimum Gasteiger partial charge on any atom is -0.508 e. The Hall–Kier alpha value is -3.34. The molecule has 2 aromatic carbocycles. The van der Waals surface area contributed by atoms with Crippen LogP contribution in [0.2, 0.25) is 0 Å². The van der Waals surface area contributed by atoms with Crippen LogP contribution in [-0.2, 0) is 6.42 Å². The Balaban J connectivity index is 1.87. The van der Waals surface area contributed by atoms with Crippen LogP contribution in [0.1, 0.15) is 33.7 Å². The topological polar surface area (TPSA) is 87.7 Å². The number of benzene rings is 2. The van der Waals surface area contributed by atoms with Gasteiger partial charge < -0.3 is 14.6 Å². The van der Waals surface area contributed by atoms with Crippen LogP contribution in [0.25, 0.3) is 22.6 Å². The van der Waals surface area contributed by atoms with Crippen molar-refractivity contribution in [2.45, 2.75) is 12.8 Å². The van der Waals surface area contributed by atoms with E-state index in [9.17, 15) is 14.7 Å². The van der Waals surface area contributed by atoms with E-state index in [1.807, 2.05) is 6.08 Å². The van der Waals surface area contributed by atoms with Gasteiger partial charge in [0.1, 0.15) is 17.1 Å². The molecule has 1 aliphatic rings. The van der Waals surface area contributed by atoms with Gasteiger partial charge in [-0.25, -0.2) is 4.79 Å². The second kappa shape index (κ2) is 5.63. The number of allylic oxidation sites excluding steroid dienone is 1. The maximum Gasteiger partial charge on any atom is 0.335 e. The zero-order chi connectivity index (χ0) is 17.6. The van der Waals surface area contributed by atoms with Gasteiger partial charge in [-0.05, 0) is 60.4 Å². The lowest BCUT2D eigenvalue weighted by Crippen LogP contribution is -2.09. The monoisotopic (exact) mass is 334 g/mol. The van der Waals surface area contributed by atoms with Crippen LogP contribution in [0.5, 0.6) is 5.75 Å². The third-order valence-corrected chi connectivity index (χ3v) is 4.40. The highest BCUT2D eigenvalue weighted by Crippen LogP contribution is 2.34. The van der Waals surface area contributed by atoms with E-state index < -0.39 is 5.97 Å². The van der Waals surface area contributed by atoms with Crippen LogP contribution in [-0.4, -0.2) is 16.2 Å². The average molecular weight is 334 g/mol. The molecule has 0 saturated heterocycles. The largest absolute Gasteiger partial charge is 0.508 e. The molecule has 0 unspecified atom stereocenters. The first-order valence-corrected chi connectivity index (χ1v) is 7.86. The van der Waals surface area contributed by atoms with Gasteiger partial charge in [0.15, 0.2) is 5.43 Å². The molecule has 1 aliphatic carbocycles. The van der Waals surface area contributed by atoms with Crippen molar-refractivity contribution in [1.29, 1.82) is 0 Å². The van der Waals surface area contributed by atoms with Crippen molar-refractivity contribution in [3.05, 3.63) is 75.1 Å². The van der Waals surface area contributed by atoms with Gasteiger partial charge in [0.25, 0.3) is 0 Å². The maximum atomic E-state index is 12.7. The van der Waals surface area contributed by atoms with E-state index in [4.69, 9.17) is 9.52 Å². The van der Waals surface area contributed by atoms with Crippen molar-refractivity contribution in [1.82, 2.24) is 0 Å². The van der Waals surface area contributed by atoms with E-state index in [0.717, 1.165) is 11.1 Å². The molecule has 0 amide bonds. The van der Waals surface area contributed by atoms with Crippen molar-refractivity contribution in [2.24, 2.45) is 0 Å². The zero-order valence-electron chi connectivity index (χ0n) is 13.2. The molecule has 0 spiro atoms. The van der Waals surface area contributed by atoms with Gasteiger partial charge in [-0.1, -0.05) is 12.1 Å². The van der Waals surface area contributed by atoms with Gasteiger partial charge in [-0.2, -0.15) is 0 Å². The molecule has 1 aromatic heterocycles. The Morgan fingerprint density at radius 1 is 1.08 bits per heavy atom. The Bertz CT molecular complexity index is 1090. The van der Waals surface area contributed by atoms with Gasteiger partial charge >= 0.3 is 5.97 Å². The second-order valence-corrected chi connectivity index (χ2v) is 6.02. The van der Waals surface area contributed by atoms with Gasteiger partial charge in [0.05, 0.1) is 10.9 Å². The summed E-state index contributed by atoms with van der Waals surface area (Å²) in [6.07, 6.45) is 3.18. The summed E-state index contributed by atoms with van der Waals surface area (Å²) in [4.78, 5) is 23.8. The number of hydrogen-bond donors (Lipinski definition) is 2. The highest BCUT2D eigenvalue weighted by Gasteiger charge is 2.24. The summed E-state index contributed by atoms with van der Waals surface area (Å²) in [6, 6.07) is 11.1. The SMILES string of the molecule is O=C(O)c1ccc2oc3c(c(=O)c2c1)CCC3=Cc1ccc(O)cc1. The van der Waals surface area contributed by atoms with Crippen LogP contribution >= 0.6 is 0 Å². The number of phenolic OH excluding ortho intramolecular Hbond substituents is 1. The lowest BCUT2D eigenvalue weighted by molar-refractivity contribution is 0.0697. The number of rotatable bonds is 2. The number of carboxylic acid groups (broad SMARTS) is 1. The van der Waals surface area contributed by atoms with E-state index in [1.54, 1.807) is 24.3 Å². The van der Waals surface area contributed by atoms with E-state index >= 15 is 0 Å². The number of aromatic carboxylic acids is 1. The minimum absolute atomic E-state index is 0.0672. The molecule has 0 radical (unpaired) electrons. The number of phenols is 1. The van der Waals surface area contributed by atoms with E-state index in [0.29, 0.717) is 35.1 Å². The Morgan fingerprint density at radius 3 is 2.56 bits per heavy atom. The fourth-order valence-electron chi connectivity index (χ4n) is 3.14. The number of fused-ring (bicyclic) bond motifs is 2. The number of carbonyl (C=O) groups is 1. The Kier molecular flexibility index (Phi) is 3.42.